The lowest BCUT2D eigenvalue weighted by Gasteiger charge is -2.23. The third-order valence-electron chi connectivity index (χ3n) is 2.42. The summed E-state index contributed by atoms with van der Waals surface area (Å²) >= 11 is 1.65. The second kappa shape index (κ2) is 7.16. The third-order valence-corrected chi connectivity index (χ3v) is 3.33. The van der Waals surface area contributed by atoms with Crippen molar-refractivity contribution in [3.05, 3.63) is 0 Å². The minimum Gasteiger partial charge on any atom is -0.388 e. The van der Waals surface area contributed by atoms with Crippen LogP contribution in [0.4, 0.5) is 0 Å². The summed E-state index contributed by atoms with van der Waals surface area (Å²) in [7, 11) is 0. The smallest absolute Gasteiger partial charge is 0.0833 e. The maximum Gasteiger partial charge on any atom is 0.0833 e. The lowest BCUT2D eigenvalue weighted by atomic mass is 9.90. The van der Waals surface area contributed by atoms with Crippen molar-refractivity contribution in [1.29, 1.82) is 5.26 Å². The van der Waals surface area contributed by atoms with E-state index in [0.29, 0.717) is 6.54 Å². The van der Waals surface area contributed by atoms with Gasteiger partial charge in [-0.2, -0.15) is 17.0 Å². The van der Waals surface area contributed by atoms with Gasteiger partial charge in [0.05, 0.1) is 17.1 Å². The van der Waals surface area contributed by atoms with Gasteiger partial charge in [0.2, 0.25) is 0 Å². The molecule has 0 saturated heterocycles. The van der Waals surface area contributed by atoms with Gasteiger partial charge in [-0.3, -0.25) is 0 Å². The second-order valence-corrected chi connectivity index (χ2v) is 6.07. The first kappa shape index (κ1) is 15.8. The molecule has 0 aliphatic carbocycles. The zero-order valence-corrected chi connectivity index (χ0v) is 11.7. The summed E-state index contributed by atoms with van der Waals surface area (Å²) in [6.07, 6.45) is 3.85. The fraction of sp³-hybridized carbons (Fsp3) is 0.917. The molecule has 1 atom stereocenters. The Labute approximate surface area is 104 Å². The van der Waals surface area contributed by atoms with Crippen LogP contribution in [-0.2, 0) is 0 Å². The van der Waals surface area contributed by atoms with Crippen LogP contribution >= 0.6 is 11.8 Å². The van der Waals surface area contributed by atoms with Crippen LogP contribution in [0.15, 0.2) is 0 Å². The van der Waals surface area contributed by atoms with E-state index in [2.05, 4.69) is 11.4 Å². The molecule has 0 bridgehead atoms. The lowest BCUT2D eigenvalue weighted by molar-refractivity contribution is 0.0848. The monoisotopic (exact) mass is 244 g/mol. The van der Waals surface area contributed by atoms with Crippen molar-refractivity contribution >= 4 is 11.8 Å². The van der Waals surface area contributed by atoms with E-state index in [4.69, 9.17) is 5.26 Å². The van der Waals surface area contributed by atoms with Gasteiger partial charge in [0.15, 0.2) is 0 Å². The number of nitrogens with one attached hydrogen (secondary N) is 1. The molecule has 0 aromatic rings. The first-order valence-electron chi connectivity index (χ1n) is 5.66. The van der Waals surface area contributed by atoms with Crippen LogP contribution in [0.1, 0.15) is 33.6 Å². The maximum atomic E-state index is 9.88. The van der Waals surface area contributed by atoms with Crippen LogP contribution in [0.3, 0.4) is 0 Å². The summed E-state index contributed by atoms with van der Waals surface area (Å²) in [6.45, 7) is 7.22. The van der Waals surface area contributed by atoms with Crippen molar-refractivity contribution in [3.63, 3.8) is 0 Å². The molecule has 94 valence electrons. The van der Waals surface area contributed by atoms with E-state index in [-0.39, 0.29) is 5.41 Å². The summed E-state index contributed by atoms with van der Waals surface area (Å²) in [4.78, 5) is 0. The number of thioether (sulfide) groups is 1. The molecule has 2 N–H and O–H groups in total. The molecule has 0 aliphatic rings. The number of nitriles is 1. The van der Waals surface area contributed by atoms with Gasteiger partial charge in [-0.25, -0.2) is 0 Å². The van der Waals surface area contributed by atoms with Crippen LogP contribution in [0.5, 0.6) is 0 Å². The molecule has 16 heavy (non-hydrogen) atoms. The van der Waals surface area contributed by atoms with Crippen LogP contribution in [-0.4, -0.2) is 35.8 Å². The molecule has 1 unspecified atom stereocenters. The number of hydrogen-bond acceptors (Lipinski definition) is 4. The second-order valence-electron chi connectivity index (χ2n) is 5.21. The summed E-state index contributed by atoms with van der Waals surface area (Å²) in [5, 5.41) is 22.0. The average Bonchev–Trinajstić information content (AvgIpc) is 2.17. The van der Waals surface area contributed by atoms with Gasteiger partial charge in [-0.05, 0) is 46.4 Å². The highest BCUT2D eigenvalue weighted by atomic mass is 32.2. The zero-order chi connectivity index (χ0) is 12.7. The van der Waals surface area contributed by atoms with Gasteiger partial charge in [0.25, 0.3) is 0 Å². The number of nitrogens with zero attached hydrogens (tertiary/aromatic N) is 1. The largest absolute Gasteiger partial charge is 0.388 e. The Morgan fingerprint density at radius 3 is 2.50 bits per heavy atom. The van der Waals surface area contributed by atoms with Crippen LogP contribution in [0, 0.1) is 16.7 Å². The first-order valence-corrected chi connectivity index (χ1v) is 7.06. The SMILES string of the molecule is CSCC(C)(O)CNCCCC(C)(C)C#N. The molecular weight excluding hydrogens is 220 g/mol. The van der Waals surface area contributed by atoms with Crippen molar-refractivity contribution in [1.82, 2.24) is 5.32 Å². The fourth-order valence-electron chi connectivity index (χ4n) is 1.43. The van der Waals surface area contributed by atoms with Crippen molar-refractivity contribution < 1.29 is 5.11 Å². The van der Waals surface area contributed by atoms with Crippen LogP contribution < -0.4 is 5.32 Å². The van der Waals surface area contributed by atoms with Crippen molar-refractivity contribution in [2.75, 3.05) is 25.1 Å². The highest BCUT2D eigenvalue weighted by Gasteiger charge is 2.19. The molecule has 0 rings (SSSR count). The molecule has 0 radical (unpaired) electrons. The highest BCUT2D eigenvalue weighted by Crippen LogP contribution is 2.20. The van der Waals surface area contributed by atoms with Gasteiger partial charge >= 0.3 is 0 Å². The molecule has 3 nitrogen and oxygen atoms in total. The summed E-state index contributed by atoms with van der Waals surface area (Å²) in [5.74, 6) is 0.740. The van der Waals surface area contributed by atoms with E-state index in [9.17, 15) is 5.11 Å². The van der Waals surface area contributed by atoms with Gasteiger partial charge in [-0.15, -0.1) is 0 Å². The quantitative estimate of drug-likeness (QED) is 0.641. The van der Waals surface area contributed by atoms with Crippen LogP contribution in [0.2, 0.25) is 0 Å². The lowest BCUT2D eigenvalue weighted by Crippen LogP contribution is -2.40. The first-order chi connectivity index (χ1) is 7.33. The molecule has 0 amide bonds. The average molecular weight is 244 g/mol. The number of aliphatic hydroxyl groups is 1. The Balaban J connectivity index is 3.59. The fourth-order valence-corrected chi connectivity index (χ4v) is 2.15. The minimum atomic E-state index is -0.635. The summed E-state index contributed by atoms with van der Waals surface area (Å²) in [5.41, 5.74) is -0.867. The summed E-state index contributed by atoms with van der Waals surface area (Å²) in [6, 6.07) is 2.29. The standard InChI is InChI=1S/C12H24N2OS/c1-11(2,8-13)6-5-7-14-9-12(3,15)10-16-4/h14-15H,5-7,9-10H2,1-4H3. The topological polar surface area (TPSA) is 56.0 Å². The number of hydrogen-bond donors (Lipinski definition) is 2. The molecule has 4 heteroatoms. The van der Waals surface area contributed by atoms with Gasteiger partial charge in [-0.1, -0.05) is 0 Å². The summed E-state index contributed by atoms with van der Waals surface area (Å²) < 4.78 is 0. The Kier molecular flexibility index (Phi) is 7.05. The molecule has 0 spiro atoms. The Hall–Kier alpha value is -0.240. The van der Waals surface area contributed by atoms with Gasteiger partial charge in [0, 0.05) is 12.3 Å². The Bertz CT molecular complexity index is 234. The van der Waals surface area contributed by atoms with E-state index < -0.39 is 5.60 Å². The Morgan fingerprint density at radius 2 is 2.00 bits per heavy atom. The van der Waals surface area contributed by atoms with Crippen molar-refractivity contribution in [2.24, 2.45) is 5.41 Å². The predicted molar refractivity (Wildman–Crippen MR) is 70.5 cm³/mol. The van der Waals surface area contributed by atoms with Crippen molar-refractivity contribution in [3.8, 4) is 6.07 Å². The highest BCUT2D eigenvalue weighted by molar-refractivity contribution is 7.98. The minimum absolute atomic E-state index is 0.233. The predicted octanol–water partition coefficient (Wildman–Crippen LogP) is 2.02. The third kappa shape index (κ3) is 7.98. The van der Waals surface area contributed by atoms with E-state index in [0.717, 1.165) is 25.1 Å². The van der Waals surface area contributed by atoms with Gasteiger partial charge < -0.3 is 10.4 Å². The molecule has 0 saturated carbocycles. The molecule has 0 aromatic carbocycles. The molecule has 0 aliphatic heterocycles. The van der Waals surface area contributed by atoms with Crippen molar-refractivity contribution in [2.45, 2.75) is 39.2 Å². The molecule has 0 aromatic heterocycles. The van der Waals surface area contributed by atoms with Crippen LogP contribution in [0.25, 0.3) is 0 Å². The number of rotatable bonds is 8. The molecule has 0 heterocycles. The maximum absolute atomic E-state index is 9.88. The molecular formula is C12H24N2OS. The molecule has 0 fully saturated rings. The van der Waals surface area contributed by atoms with E-state index >= 15 is 0 Å². The van der Waals surface area contributed by atoms with E-state index in [1.807, 2.05) is 27.0 Å². The van der Waals surface area contributed by atoms with E-state index in [1.54, 1.807) is 11.8 Å². The Morgan fingerprint density at radius 1 is 1.38 bits per heavy atom. The zero-order valence-electron chi connectivity index (χ0n) is 10.8. The van der Waals surface area contributed by atoms with E-state index in [1.165, 1.54) is 0 Å². The normalized spacial score (nSPS) is 15.5. The van der Waals surface area contributed by atoms with Gasteiger partial charge in [0.1, 0.15) is 0 Å².